The number of rotatable bonds is 5. The van der Waals surface area contributed by atoms with Crippen LogP contribution in [0.3, 0.4) is 0 Å². The molecule has 0 saturated heterocycles. The zero-order valence-corrected chi connectivity index (χ0v) is 15.9. The van der Waals surface area contributed by atoms with E-state index in [9.17, 15) is 9.90 Å². The lowest BCUT2D eigenvalue weighted by Crippen LogP contribution is -2.19. The van der Waals surface area contributed by atoms with E-state index in [0.29, 0.717) is 21.2 Å². The van der Waals surface area contributed by atoms with E-state index in [4.69, 9.17) is 17.3 Å². The van der Waals surface area contributed by atoms with Gasteiger partial charge in [-0.05, 0) is 40.0 Å². The molecule has 0 atom stereocenters. The first-order valence-electron chi connectivity index (χ1n) is 7.94. The monoisotopic (exact) mass is 430 g/mol. The SMILES string of the molecule is Nc1nonc1-n1nnc(C(=O)N/N=C/c2cc(Cl)ccc2O)c1-c1cccs1. The average Bonchev–Trinajstić information content (AvgIpc) is 3.43. The standard InChI is InChI=1S/C16H11ClN8O3S/c17-9-3-4-10(26)8(6-9)7-19-21-16(27)12-13(11-2-1-5-29-11)25(24-20-12)15-14(18)22-28-23-15/h1-7,26H,(H2,18,22)(H,21,27)/b19-7+. The minimum Gasteiger partial charge on any atom is -0.507 e. The van der Waals surface area contributed by atoms with Crippen molar-refractivity contribution in [2.45, 2.75) is 0 Å². The number of hydrogen-bond acceptors (Lipinski definition) is 10. The van der Waals surface area contributed by atoms with Gasteiger partial charge in [0.1, 0.15) is 11.4 Å². The largest absolute Gasteiger partial charge is 0.507 e. The maximum atomic E-state index is 12.7. The smallest absolute Gasteiger partial charge is 0.294 e. The summed E-state index contributed by atoms with van der Waals surface area (Å²) in [6.45, 7) is 0. The van der Waals surface area contributed by atoms with Crippen LogP contribution in [0.15, 0.2) is 45.4 Å². The van der Waals surface area contributed by atoms with Crippen molar-refractivity contribution in [2.75, 3.05) is 5.73 Å². The first-order chi connectivity index (χ1) is 14.0. The molecule has 11 nitrogen and oxygen atoms in total. The number of aromatic hydroxyl groups is 1. The maximum Gasteiger partial charge on any atom is 0.294 e. The first kappa shape index (κ1) is 18.6. The minimum absolute atomic E-state index is 0.00545. The Balaban J connectivity index is 1.65. The van der Waals surface area contributed by atoms with Crippen LogP contribution >= 0.6 is 22.9 Å². The van der Waals surface area contributed by atoms with E-state index in [-0.39, 0.29) is 23.1 Å². The lowest BCUT2D eigenvalue weighted by Gasteiger charge is -2.03. The third kappa shape index (κ3) is 3.66. The Morgan fingerprint density at radius 2 is 2.24 bits per heavy atom. The van der Waals surface area contributed by atoms with Crippen molar-refractivity contribution in [2.24, 2.45) is 5.10 Å². The van der Waals surface area contributed by atoms with Crippen molar-refractivity contribution in [3.8, 4) is 22.1 Å². The Bertz CT molecular complexity index is 1200. The lowest BCUT2D eigenvalue weighted by molar-refractivity contribution is 0.0950. The molecule has 3 heterocycles. The molecule has 0 radical (unpaired) electrons. The van der Waals surface area contributed by atoms with Gasteiger partial charge in [0.25, 0.3) is 5.91 Å². The molecule has 1 amide bonds. The summed E-state index contributed by atoms with van der Waals surface area (Å²) in [5.74, 6) is -0.569. The molecule has 0 aliphatic heterocycles. The van der Waals surface area contributed by atoms with Crippen molar-refractivity contribution < 1.29 is 14.5 Å². The van der Waals surface area contributed by atoms with Gasteiger partial charge >= 0.3 is 0 Å². The number of carbonyl (C=O) groups excluding carboxylic acids is 1. The number of benzene rings is 1. The summed E-state index contributed by atoms with van der Waals surface area (Å²) in [7, 11) is 0. The van der Waals surface area contributed by atoms with E-state index < -0.39 is 5.91 Å². The van der Waals surface area contributed by atoms with Gasteiger partial charge in [-0.25, -0.2) is 10.1 Å². The number of halogens is 1. The molecule has 29 heavy (non-hydrogen) atoms. The van der Waals surface area contributed by atoms with Gasteiger partial charge in [0.05, 0.1) is 11.1 Å². The molecular formula is C16H11ClN8O3S. The normalized spacial score (nSPS) is 11.2. The van der Waals surface area contributed by atoms with Crippen LogP contribution in [0.4, 0.5) is 5.82 Å². The summed E-state index contributed by atoms with van der Waals surface area (Å²) in [6, 6.07) is 8.04. The molecule has 0 aliphatic rings. The molecule has 0 bridgehead atoms. The summed E-state index contributed by atoms with van der Waals surface area (Å²) >= 11 is 7.25. The number of carbonyl (C=O) groups is 1. The fourth-order valence-corrected chi connectivity index (χ4v) is 3.33. The molecule has 0 fully saturated rings. The van der Waals surface area contributed by atoms with Crippen LogP contribution in [-0.2, 0) is 0 Å². The molecule has 0 aliphatic carbocycles. The summed E-state index contributed by atoms with van der Waals surface area (Å²) < 4.78 is 5.87. The van der Waals surface area contributed by atoms with Crippen LogP contribution in [0.5, 0.6) is 5.75 Å². The second-order valence-electron chi connectivity index (χ2n) is 5.55. The van der Waals surface area contributed by atoms with E-state index >= 15 is 0 Å². The number of nitrogens with two attached hydrogens (primary N) is 1. The second kappa shape index (κ2) is 7.69. The molecule has 4 rings (SSSR count). The van der Waals surface area contributed by atoms with Crippen molar-refractivity contribution in [3.63, 3.8) is 0 Å². The number of hydrogen-bond donors (Lipinski definition) is 3. The van der Waals surface area contributed by atoms with Crippen LogP contribution < -0.4 is 11.2 Å². The molecule has 1 aromatic carbocycles. The van der Waals surface area contributed by atoms with E-state index in [2.05, 4.69) is 35.8 Å². The molecule has 13 heteroatoms. The van der Waals surface area contributed by atoms with Crippen molar-refractivity contribution in [1.82, 2.24) is 30.7 Å². The number of nitrogens with zero attached hydrogens (tertiary/aromatic N) is 6. The van der Waals surface area contributed by atoms with Gasteiger partial charge < -0.3 is 10.8 Å². The molecule has 3 aromatic heterocycles. The van der Waals surface area contributed by atoms with Crippen LogP contribution in [0.25, 0.3) is 16.4 Å². The van der Waals surface area contributed by atoms with E-state index in [1.807, 2.05) is 11.4 Å². The van der Waals surface area contributed by atoms with Crippen LogP contribution in [0, 0.1) is 0 Å². The molecule has 4 aromatic rings. The van der Waals surface area contributed by atoms with E-state index in [0.717, 1.165) is 0 Å². The molecule has 0 saturated carbocycles. The van der Waals surface area contributed by atoms with E-state index in [1.165, 1.54) is 40.4 Å². The lowest BCUT2D eigenvalue weighted by atomic mass is 10.2. The molecular weight excluding hydrogens is 420 g/mol. The van der Waals surface area contributed by atoms with Gasteiger partial charge in [-0.15, -0.1) is 16.4 Å². The number of thiophene rings is 1. The van der Waals surface area contributed by atoms with Gasteiger partial charge in [-0.2, -0.15) is 9.78 Å². The highest BCUT2D eigenvalue weighted by Crippen LogP contribution is 2.29. The first-order valence-corrected chi connectivity index (χ1v) is 9.20. The number of nitrogens with one attached hydrogen (secondary N) is 1. The Morgan fingerprint density at radius 1 is 1.38 bits per heavy atom. The van der Waals surface area contributed by atoms with Crippen LogP contribution in [0.1, 0.15) is 16.1 Å². The Labute approximate surface area is 171 Å². The van der Waals surface area contributed by atoms with Crippen molar-refractivity contribution >= 4 is 40.9 Å². The number of phenolic OH excluding ortho intramolecular Hbond substituents is 1. The summed E-state index contributed by atoms with van der Waals surface area (Å²) in [6.07, 6.45) is 1.26. The van der Waals surface area contributed by atoms with Gasteiger partial charge in [-0.1, -0.05) is 22.9 Å². The third-order valence-corrected chi connectivity index (χ3v) is 4.81. The number of anilines is 1. The fourth-order valence-electron chi connectivity index (χ4n) is 2.40. The predicted molar refractivity (Wildman–Crippen MR) is 105 cm³/mol. The third-order valence-electron chi connectivity index (χ3n) is 3.70. The summed E-state index contributed by atoms with van der Waals surface area (Å²) in [5, 5.41) is 31.0. The molecule has 146 valence electrons. The Morgan fingerprint density at radius 3 is 2.97 bits per heavy atom. The zero-order chi connectivity index (χ0) is 20.4. The van der Waals surface area contributed by atoms with Crippen LogP contribution in [0.2, 0.25) is 5.02 Å². The zero-order valence-electron chi connectivity index (χ0n) is 14.4. The Hall–Kier alpha value is -3.77. The van der Waals surface area contributed by atoms with Crippen molar-refractivity contribution in [1.29, 1.82) is 0 Å². The average molecular weight is 431 g/mol. The number of hydrazone groups is 1. The predicted octanol–water partition coefficient (Wildman–Crippen LogP) is 2.08. The maximum absolute atomic E-state index is 12.7. The highest BCUT2D eigenvalue weighted by molar-refractivity contribution is 7.13. The number of nitrogen functional groups attached to an aromatic ring is 1. The van der Waals surface area contributed by atoms with Gasteiger partial charge in [-0.3, -0.25) is 4.79 Å². The van der Waals surface area contributed by atoms with Crippen LogP contribution in [-0.4, -0.2) is 42.5 Å². The number of amides is 1. The van der Waals surface area contributed by atoms with Gasteiger partial charge in [0, 0.05) is 10.6 Å². The van der Waals surface area contributed by atoms with Gasteiger partial charge in [0.15, 0.2) is 5.69 Å². The number of phenols is 1. The molecule has 4 N–H and O–H groups in total. The minimum atomic E-state index is -0.632. The second-order valence-corrected chi connectivity index (χ2v) is 6.94. The Kier molecular flexibility index (Phi) is 4.93. The highest BCUT2D eigenvalue weighted by Gasteiger charge is 2.25. The topological polar surface area (TPSA) is 157 Å². The highest BCUT2D eigenvalue weighted by atomic mass is 35.5. The van der Waals surface area contributed by atoms with E-state index in [1.54, 1.807) is 6.07 Å². The van der Waals surface area contributed by atoms with Gasteiger partial charge in [0.2, 0.25) is 11.6 Å². The molecule has 0 unspecified atom stereocenters. The summed E-state index contributed by atoms with van der Waals surface area (Å²) in [5.41, 5.74) is 8.75. The number of aromatic nitrogens is 5. The molecule has 0 spiro atoms. The quantitative estimate of drug-likeness (QED) is 0.320. The summed E-state index contributed by atoms with van der Waals surface area (Å²) in [4.78, 5) is 13.3. The van der Waals surface area contributed by atoms with Crippen molar-refractivity contribution in [3.05, 3.63) is 52.0 Å². The fraction of sp³-hybridized carbons (Fsp3) is 0.